The summed E-state index contributed by atoms with van der Waals surface area (Å²) in [6.07, 6.45) is 2.14. The number of piperidine rings is 1. The highest BCUT2D eigenvalue weighted by Gasteiger charge is 2.23. The molecule has 2 rings (SSSR count). The van der Waals surface area contributed by atoms with Crippen molar-refractivity contribution in [1.29, 1.82) is 0 Å². The Hall–Kier alpha value is -2.37. The van der Waals surface area contributed by atoms with Crippen LogP contribution in [0.1, 0.15) is 35.2 Å². The van der Waals surface area contributed by atoms with E-state index in [2.05, 4.69) is 0 Å². The standard InChI is InChI=1S/C16H20N2O4/c17-14(19)9-11-4-6-18(7-5-11)15(20)10-12-2-1-3-13(8-12)16(21)22/h1-3,8,11H,4-7,9-10H2,(H2,17,19)(H,21,22). The Morgan fingerprint density at radius 1 is 1.23 bits per heavy atom. The Labute approximate surface area is 128 Å². The number of carboxylic acid groups (broad SMARTS) is 1. The van der Waals surface area contributed by atoms with Crippen molar-refractivity contribution in [1.82, 2.24) is 4.90 Å². The Balaban J connectivity index is 1.89. The first-order valence-corrected chi connectivity index (χ1v) is 7.34. The molecule has 1 aromatic rings. The van der Waals surface area contributed by atoms with Crippen LogP contribution in [0.15, 0.2) is 24.3 Å². The zero-order chi connectivity index (χ0) is 16.1. The molecule has 0 unspecified atom stereocenters. The lowest BCUT2D eigenvalue weighted by Gasteiger charge is -2.31. The molecule has 0 bridgehead atoms. The smallest absolute Gasteiger partial charge is 0.335 e. The van der Waals surface area contributed by atoms with E-state index in [1.807, 2.05) is 0 Å². The van der Waals surface area contributed by atoms with Gasteiger partial charge in [0.25, 0.3) is 0 Å². The quantitative estimate of drug-likeness (QED) is 0.848. The third-order valence-corrected chi connectivity index (χ3v) is 3.99. The number of hydrogen-bond acceptors (Lipinski definition) is 3. The van der Waals surface area contributed by atoms with E-state index in [0.29, 0.717) is 25.1 Å². The fourth-order valence-corrected chi connectivity index (χ4v) is 2.77. The summed E-state index contributed by atoms with van der Waals surface area (Å²) in [7, 11) is 0. The van der Waals surface area contributed by atoms with Crippen molar-refractivity contribution < 1.29 is 19.5 Å². The summed E-state index contributed by atoms with van der Waals surface area (Å²) in [5.74, 6) is -1.05. The van der Waals surface area contributed by atoms with Crippen LogP contribution in [0.4, 0.5) is 0 Å². The number of nitrogens with two attached hydrogens (primary N) is 1. The Bertz CT molecular complexity index is 577. The third-order valence-electron chi connectivity index (χ3n) is 3.99. The van der Waals surface area contributed by atoms with E-state index in [0.717, 1.165) is 12.8 Å². The normalized spacial score (nSPS) is 15.5. The van der Waals surface area contributed by atoms with Crippen molar-refractivity contribution in [3.8, 4) is 0 Å². The van der Waals surface area contributed by atoms with Crippen LogP contribution >= 0.6 is 0 Å². The van der Waals surface area contributed by atoms with Crippen LogP contribution in [-0.4, -0.2) is 40.9 Å². The minimum absolute atomic E-state index is 0.0138. The van der Waals surface area contributed by atoms with E-state index >= 15 is 0 Å². The van der Waals surface area contributed by atoms with Gasteiger partial charge in [0, 0.05) is 19.5 Å². The van der Waals surface area contributed by atoms with Gasteiger partial charge in [-0.15, -0.1) is 0 Å². The van der Waals surface area contributed by atoms with Gasteiger partial charge in [0.1, 0.15) is 0 Å². The van der Waals surface area contributed by atoms with Crippen LogP contribution in [-0.2, 0) is 16.0 Å². The number of nitrogens with zero attached hydrogens (tertiary/aromatic N) is 1. The number of aromatic carboxylic acids is 1. The van der Waals surface area contributed by atoms with E-state index in [1.165, 1.54) is 12.1 Å². The van der Waals surface area contributed by atoms with Crippen LogP contribution in [0.5, 0.6) is 0 Å². The molecule has 6 heteroatoms. The van der Waals surface area contributed by atoms with Gasteiger partial charge in [0.15, 0.2) is 0 Å². The van der Waals surface area contributed by atoms with Crippen molar-refractivity contribution in [2.45, 2.75) is 25.7 Å². The molecule has 1 heterocycles. The predicted molar refractivity (Wildman–Crippen MR) is 80.2 cm³/mol. The Morgan fingerprint density at radius 2 is 1.91 bits per heavy atom. The molecular weight excluding hydrogens is 284 g/mol. The molecule has 0 aliphatic carbocycles. The molecule has 1 fully saturated rings. The first kappa shape index (κ1) is 16.0. The van der Waals surface area contributed by atoms with E-state index < -0.39 is 5.97 Å². The molecule has 0 spiro atoms. The average Bonchev–Trinajstić information content (AvgIpc) is 2.47. The van der Waals surface area contributed by atoms with Crippen molar-refractivity contribution in [2.24, 2.45) is 11.7 Å². The van der Waals surface area contributed by atoms with Crippen LogP contribution in [0.25, 0.3) is 0 Å². The van der Waals surface area contributed by atoms with Gasteiger partial charge in [-0.3, -0.25) is 9.59 Å². The van der Waals surface area contributed by atoms with Gasteiger partial charge in [-0.2, -0.15) is 0 Å². The minimum Gasteiger partial charge on any atom is -0.478 e. The summed E-state index contributed by atoms with van der Waals surface area (Å²) in [5, 5.41) is 8.96. The zero-order valence-corrected chi connectivity index (χ0v) is 12.3. The topological polar surface area (TPSA) is 101 Å². The molecule has 118 valence electrons. The molecule has 22 heavy (non-hydrogen) atoms. The van der Waals surface area contributed by atoms with Gasteiger partial charge < -0.3 is 15.7 Å². The second-order valence-corrected chi connectivity index (χ2v) is 5.68. The largest absolute Gasteiger partial charge is 0.478 e. The van der Waals surface area contributed by atoms with Gasteiger partial charge in [-0.05, 0) is 36.5 Å². The summed E-state index contributed by atoms with van der Waals surface area (Å²) in [6, 6.07) is 6.43. The lowest BCUT2D eigenvalue weighted by molar-refractivity contribution is -0.132. The molecule has 1 aliphatic heterocycles. The highest BCUT2D eigenvalue weighted by Crippen LogP contribution is 2.21. The fourth-order valence-electron chi connectivity index (χ4n) is 2.77. The van der Waals surface area contributed by atoms with E-state index in [9.17, 15) is 14.4 Å². The molecule has 1 aliphatic rings. The molecule has 0 aromatic heterocycles. The van der Waals surface area contributed by atoms with Gasteiger partial charge in [-0.1, -0.05) is 12.1 Å². The molecule has 3 N–H and O–H groups in total. The molecule has 6 nitrogen and oxygen atoms in total. The third kappa shape index (κ3) is 4.31. The summed E-state index contributed by atoms with van der Waals surface area (Å²) >= 11 is 0. The molecule has 1 aromatic carbocycles. The highest BCUT2D eigenvalue weighted by atomic mass is 16.4. The van der Waals surface area contributed by atoms with E-state index in [4.69, 9.17) is 10.8 Å². The SMILES string of the molecule is NC(=O)CC1CCN(C(=O)Cc2cccc(C(=O)O)c2)CC1. The van der Waals surface area contributed by atoms with E-state index in [-0.39, 0.29) is 29.7 Å². The van der Waals surface area contributed by atoms with Crippen LogP contribution in [0.2, 0.25) is 0 Å². The van der Waals surface area contributed by atoms with Gasteiger partial charge in [0.05, 0.1) is 12.0 Å². The van der Waals surface area contributed by atoms with Crippen molar-refractivity contribution >= 4 is 17.8 Å². The first-order chi connectivity index (χ1) is 10.5. The number of likely N-dealkylation sites (tertiary alicyclic amines) is 1. The fraction of sp³-hybridized carbons (Fsp3) is 0.438. The van der Waals surface area contributed by atoms with Crippen molar-refractivity contribution in [3.63, 3.8) is 0 Å². The number of hydrogen-bond donors (Lipinski definition) is 2. The summed E-state index contributed by atoms with van der Waals surface area (Å²) in [4.78, 5) is 35.9. The van der Waals surface area contributed by atoms with Gasteiger partial charge in [-0.25, -0.2) is 4.79 Å². The predicted octanol–water partition coefficient (Wildman–Crippen LogP) is 1.04. The lowest BCUT2D eigenvalue weighted by Crippen LogP contribution is -2.40. The van der Waals surface area contributed by atoms with Crippen LogP contribution in [0, 0.1) is 5.92 Å². The van der Waals surface area contributed by atoms with Gasteiger partial charge >= 0.3 is 5.97 Å². The van der Waals surface area contributed by atoms with Crippen LogP contribution < -0.4 is 5.73 Å². The second kappa shape index (κ2) is 7.06. The maximum Gasteiger partial charge on any atom is 0.335 e. The van der Waals surface area contributed by atoms with Crippen molar-refractivity contribution in [2.75, 3.05) is 13.1 Å². The maximum atomic E-state index is 12.3. The average molecular weight is 304 g/mol. The number of benzene rings is 1. The number of amides is 2. The number of carbonyl (C=O) groups excluding carboxylic acids is 2. The number of carboxylic acids is 1. The maximum absolute atomic E-state index is 12.3. The number of rotatable bonds is 5. The zero-order valence-electron chi connectivity index (χ0n) is 12.3. The van der Waals surface area contributed by atoms with Crippen molar-refractivity contribution in [3.05, 3.63) is 35.4 Å². The molecule has 0 saturated carbocycles. The lowest BCUT2D eigenvalue weighted by atomic mass is 9.93. The molecule has 1 saturated heterocycles. The van der Waals surface area contributed by atoms with E-state index in [1.54, 1.807) is 17.0 Å². The molecule has 2 amide bonds. The number of carbonyl (C=O) groups is 3. The monoisotopic (exact) mass is 304 g/mol. The Kier molecular flexibility index (Phi) is 5.14. The first-order valence-electron chi connectivity index (χ1n) is 7.34. The van der Waals surface area contributed by atoms with Crippen LogP contribution in [0.3, 0.4) is 0 Å². The summed E-state index contributed by atoms with van der Waals surface area (Å²) in [5.41, 5.74) is 6.07. The minimum atomic E-state index is -0.999. The molecule has 0 radical (unpaired) electrons. The molecular formula is C16H20N2O4. The highest BCUT2D eigenvalue weighted by molar-refractivity contribution is 5.88. The molecule has 0 atom stereocenters. The summed E-state index contributed by atoms with van der Waals surface area (Å²) < 4.78 is 0. The second-order valence-electron chi connectivity index (χ2n) is 5.68. The number of primary amides is 1. The summed E-state index contributed by atoms with van der Waals surface area (Å²) in [6.45, 7) is 1.24. The Morgan fingerprint density at radius 3 is 2.50 bits per heavy atom. The van der Waals surface area contributed by atoms with Gasteiger partial charge in [0.2, 0.25) is 11.8 Å².